The number of benzene rings is 2. The Morgan fingerprint density at radius 1 is 1.13 bits per heavy atom. The van der Waals surface area contributed by atoms with E-state index in [1.54, 1.807) is 12.1 Å². The summed E-state index contributed by atoms with van der Waals surface area (Å²) in [5.41, 5.74) is 0.734. The van der Waals surface area contributed by atoms with Crippen LogP contribution in [0.15, 0.2) is 42.5 Å². The van der Waals surface area contributed by atoms with Crippen molar-refractivity contribution in [2.45, 2.75) is 48.7 Å². The molecule has 2 aliphatic carbocycles. The van der Waals surface area contributed by atoms with Crippen LogP contribution in [0.2, 0.25) is 0 Å². The summed E-state index contributed by atoms with van der Waals surface area (Å²) in [5.74, 6) is -0.180. The van der Waals surface area contributed by atoms with Crippen molar-refractivity contribution in [1.82, 2.24) is 0 Å². The van der Waals surface area contributed by atoms with Gasteiger partial charge in [-0.1, -0.05) is 12.1 Å². The largest absolute Gasteiger partial charge is 0.494 e. The zero-order valence-corrected chi connectivity index (χ0v) is 17.4. The van der Waals surface area contributed by atoms with Crippen LogP contribution in [0, 0.1) is 5.82 Å². The molecular formula is C24H25FO6. The Kier molecular flexibility index (Phi) is 4.71. The minimum absolute atomic E-state index is 0.0513. The second-order valence-electron chi connectivity index (χ2n) is 8.63. The molecular weight excluding hydrogens is 403 g/mol. The summed E-state index contributed by atoms with van der Waals surface area (Å²) in [6, 6.07) is 12.5. The van der Waals surface area contributed by atoms with Crippen molar-refractivity contribution in [3.05, 3.63) is 53.8 Å². The van der Waals surface area contributed by atoms with Gasteiger partial charge in [0, 0.05) is 17.9 Å². The first-order valence-corrected chi connectivity index (χ1v) is 10.6. The number of epoxide rings is 1. The molecule has 6 nitrogen and oxygen atoms in total. The molecule has 2 aromatic carbocycles. The molecule has 0 amide bonds. The SMILES string of the molecule is COc1ccc(Oc2cccc(C34CCC5(CCOCC(=O)O)OC53CC4)c2)cc1F. The van der Waals surface area contributed by atoms with Crippen molar-refractivity contribution in [2.75, 3.05) is 20.3 Å². The van der Waals surface area contributed by atoms with E-state index in [-0.39, 0.29) is 29.0 Å². The summed E-state index contributed by atoms with van der Waals surface area (Å²) >= 11 is 0. The van der Waals surface area contributed by atoms with Crippen molar-refractivity contribution in [3.63, 3.8) is 0 Å². The predicted octanol–water partition coefficient (Wildman–Crippen LogP) is 4.45. The summed E-state index contributed by atoms with van der Waals surface area (Å²) in [6.45, 7) is 0.107. The molecule has 3 atom stereocenters. The molecule has 2 aromatic rings. The Hall–Kier alpha value is -2.64. The molecule has 3 fully saturated rings. The van der Waals surface area contributed by atoms with Crippen LogP contribution >= 0.6 is 0 Å². The van der Waals surface area contributed by atoms with E-state index in [2.05, 4.69) is 6.07 Å². The third-order valence-electron chi connectivity index (χ3n) is 7.32. The molecule has 164 valence electrons. The molecule has 1 N–H and O–H groups in total. The summed E-state index contributed by atoms with van der Waals surface area (Å²) < 4.78 is 36.5. The maximum atomic E-state index is 14.0. The second-order valence-corrected chi connectivity index (χ2v) is 8.63. The van der Waals surface area contributed by atoms with Gasteiger partial charge < -0.3 is 24.1 Å². The first-order chi connectivity index (χ1) is 14.9. The van der Waals surface area contributed by atoms with Crippen LogP contribution in [0.3, 0.4) is 0 Å². The number of hydrogen-bond acceptors (Lipinski definition) is 5. The summed E-state index contributed by atoms with van der Waals surface area (Å²) in [4.78, 5) is 10.7. The van der Waals surface area contributed by atoms with E-state index in [0.29, 0.717) is 24.5 Å². The van der Waals surface area contributed by atoms with E-state index < -0.39 is 11.8 Å². The van der Waals surface area contributed by atoms with Gasteiger partial charge >= 0.3 is 5.97 Å². The molecule has 5 rings (SSSR count). The Morgan fingerprint density at radius 2 is 1.94 bits per heavy atom. The number of aliphatic carboxylic acids is 1. The van der Waals surface area contributed by atoms with Gasteiger partial charge in [-0.15, -0.1) is 0 Å². The van der Waals surface area contributed by atoms with Gasteiger partial charge in [0.2, 0.25) is 0 Å². The molecule has 0 aromatic heterocycles. The fourth-order valence-corrected chi connectivity index (χ4v) is 5.77. The minimum atomic E-state index is -0.957. The van der Waals surface area contributed by atoms with Crippen molar-refractivity contribution in [2.24, 2.45) is 0 Å². The minimum Gasteiger partial charge on any atom is -0.494 e. The van der Waals surface area contributed by atoms with E-state index in [0.717, 1.165) is 25.7 Å². The quantitative estimate of drug-likeness (QED) is 0.470. The van der Waals surface area contributed by atoms with Crippen molar-refractivity contribution in [3.8, 4) is 17.2 Å². The van der Waals surface area contributed by atoms with Crippen LogP contribution in [0.5, 0.6) is 17.2 Å². The lowest BCUT2D eigenvalue weighted by Crippen LogP contribution is -2.51. The number of carboxylic acid groups (broad SMARTS) is 1. The normalized spacial score (nSPS) is 30.1. The summed E-state index contributed by atoms with van der Waals surface area (Å²) in [7, 11) is 1.43. The summed E-state index contributed by atoms with van der Waals surface area (Å²) in [5, 5.41) is 8.75. The molecule has 1 heterocycles. The highest BCUT2D eigenvalue weighted by Crippen LogP contribution is 2.79. The molecule has 1 aliphatic heterocycles. The zero-order chi connectivity index (χ0) is 21.7. The lowest BCUT2D eigenvalue weighted by Gasteiger charge is -2.46. The maximum absolute atomic E-state index is 14.0. The molecule has 3 aliphatic rings. The number of carbonyl (C=O) groups is 1. The number of ether oxygens (including phenoxy) is 4. The third-order valence-corrected chi connectivity index (χ3v) is 7.32. The third kappa shape index (κ3) is 3.02. The number of methoxy groups -OCH3 is 1. The van der Waals surface area contributed by atoms with Crippen LogP contribution in [-0.4, -0.2) is 42.6 Å². The highest BCUT2D eigenvalue weighted by atomic mass is 19.1. The lowest BCUT2D eigenvalue weighted by atomic mass is 9.56. The molecule has 2 saturated carbocycles. The molecule has 3 unspecified atom stereocenters. The van der Waals surface area contributed by atoms with Crippen molar-refractivity contribution in [1.29, 1.82) is 0 Å². The van der Waals surface area contributed by atoms with E-state index >= 15 is 0 Å². The second kappa shape index (κ2) is 7.21. The number of hydrogen-bond donors (Lipinski definition) is 1. The highest BCUT2D eigenvalue weighted by molar-refractivity contribution is 5.68. The Labute approximate surface area is 179 Å². The monoisotopic (exact) mass is 428 g/mol. The molecule has 31 heavy (non-hydrogen) atoms. The van der Waals surface area contributed by atoms with Crippen molar-refractivity contribution < 1.29 is 33.2 Å². The average molecular weight is 428 g/mol. The zero-order valence-electron chi connectivity index (χ0n) is 17.4. The van der Waals surface area contributed by atoms with Crippen LogP contribution in [0.4, 0.5) is 4.39 Å². The molecule has 7 heteroatoms. The number of carboxylic acids is 1. The van der Waals surface area contributed by atoms with Gasteiger partial charge in [-0.25, -0.2) is 9.18 Å². The molecule has 0 bridgehead atoms. The Bertz CT molecular complexity index is 1020. The van der Waals surface area contributed by atoms with Crippen molar-refractivity contribution >= 4 is 5.97 Å². The van der Waals surface area contributed by atoms with Crippen LogP contribution in [0.25, 0.3) is 0 Å². The fourth-order valence-electron chi connectivity index (χ4n) is 5.77. The van der Waals surface area contributed by atoms with Crippen LogP contribution < -0.4 is 9.47 Å². The highest BCUT2D eigenvalue weighted by Gasteiger charge is 2.85. The van der Waals surface area contributed by atoms with E-state index in [4.69, 9.17) is 24.1 Å². The molecule has 1 saturated heterocycles. The van der Waals surface area contributed by atoms with E-state index in [1.165, 1.54) is 18.7 Å². The topological polar surface area (TPSA) is 77.5 Å². The number of rotatable bonds is 9. The standard InChI is InChI=1S/C24H25FO6/c1-28-20-6-5-18(14-19(20)25)30-17-4-2-3-16(13-17)22-7-9-23(11-12-29-15-21(26)27)24(22,31-23)10-8-22/h2-6,13-14H,7-12,15H2,1H3,(H,26,27). The van der Waals surface area contributed by atoms with Gasteiger partial charge in [-0.3, -0.25) is 0 Å². The van der Waals surface area contributed by atoms with Crippen LogP contribution in [-0.2, 0) is 19.7 Å². The maximum Gasteiger partial charge on any atom is 0.329 e. The first-order valence-electron chi connectivity index (χ1n) is 10.6. The predicted molar refractivity (Wildman–Crippen MR) is 109 cm³/mol. The Balaban J connectivity index is 1.32. The van der Waals surface area contributed by atoms with Gasteiger partial charge in [0.25, 0.3) is 0 Å². The van der Waals surface area contributed by atoms with Crippen LogP contribution in [0.1, 0.15) is 37.7 Å². The lowest BCUT2D eigenvalue weighted by molar-refractivity contribution is -0.142. The van der Waals surface area contributed by atoms with Gasteiger partial charge in [-0.05, 0) is 55.5 Å². The smallest absolute Gasteiger partial charge is 0.329 e. The van der Waals surface area contributed by atoms with Gasteiger partial charge in [0.15, 0.2) is 11.6 Å². The van der Waals surface area contributed by atoms with Gasteiger partial charge in [0.05, 0.1) is 13.7 Å². The fraction of sp³-hybridized carbons (Fsp3) is 0.458. The van der Waals surface area contributed by atoms with E-state index in [9.17, 15) is 9.18 Å². The summed E-state index contributed by atoms with van der Waals surface area (Å²) in [6.07, 6.45) is 4.72. The molecule has 1 spiro atoms. The van der Waals surface area contributed by atoms with Gasteiger partial charge in [-0.2, -0.15) is 0 Å². The number of halogens is 1. The van der Waals surface area contributed by atoms with E-state index in [1.807, 2.05) is 18.2 Å². The molecule has 0 radical (unpaired) electrons. The van der Waals surface area contributed by atoms with Gasteiger partial charge in [0.1, 0.15) is 29.3 Å². The average Bonchev–Trinajstić information content (AvgIpc) is 3.39. The first kappa shape index (κ1) is 20.3. The Morgan fingerprint density at radius 3 is 2.65 bits per heavy atom.